The van der Waals surface area contributed by atoms with E-state index in [1.807, 2.05) is 13.0 Å². The number of esters is 1. The summed E-state index contributed by atoms with van der Waals surface area (Å²) in [5.41, 5.74) is 0.645. The Balaban J connectivity index is 1.50. The number of methoxy groups -OCH3 is 1. The molecule has 7 rings (SSSR count). The quantitative estimate of drug-likeness (QED) is 0.304. The van der Waals surface area contributed by atoms with Crippen LogP contribution in [0.3, 0.4) is 0 Å². The summed E-state index contributed by atoms with van der Waals surface area (Å²) in [5.74, 6) is -2.39. The minimum Gasteiger partial charge on any atom is -0.469 e. The van der Waals surface area contributed by atoms with E-state index in [-0.39, 0.29) is 56.4 Å². The number of benzene rings is 1. The Hall–Kier alpha value is -4.37. The number of anilines is 1. The maximum atomic E-state index is 15.4. The van der Waals surface area contributed by atoms with E-state index in [0.29, 0.717) is 0 Å². The largest absolute Gasteiger partial charge is 0.469 e. The van der Waals surface area contributed by atoms with Crippen molar-refractivity contribution in [1.29, 1.82) is 5.26 Å². The Morgan fingerprint density at radius 3 is 2.48 bits per heavy atom. The zero-order valence-electron chi connectivity index (χ0n) is 22.8. The van der Waals surface area contributed by atoms with Crippen molar-refractivity contribution in [2.45, 2.75) is 43.5 Å². The van der Waals surface area contributed by atoms with Gasteiger partial charge in [-0.05, 0) is 68.7 Å². The van der Waals surface area contributed by atoms with Gasteiger partial charge in [-0.2, -0.15) is 5.26 Å². The lowest BCUT2D eigenvalue weighted by molar-refractivity contribution is -0.152. The molecule has 3 fully saturated rings. The fraction of sp³-hybridized carbons (Fsp3) is 0.333. The minimum atomic E-state index is -4.19. The molecule has 3 aromatic heterocycles. The van der Waals surface area contributed by atoms with Crippen molar-refractivity contribution < 1.29 is 26.7 Å². The number of pyridine rings is 2. The van der Waals surface area contributed by atoms with Crippen LogP contribution in [0.4, 0.5) is 14.6 Å². The molecule has 1 unspecified atom stereocenters. The van der Waals surface area contributed by atoms with Crippen LogP contribution in [0.1, 0.15) is 36.8 Å². The number of ether oxygens (including phenoxy) is 1. The number of nitrogens with zero attached hydrogens (tertiary/aromatic N) is 4. The molecular weight excluding hydrogens is 564 g/mol. The molecule has 2 bridgehead atoms. The summed E-state index contributed by atoms with van der Waals surface area (Å²) >= 11 is 0. The van der Waals surface area contributed by atoms with Gasteiger partial charge in [0.2, 0.25) is 0 Å². The highest BCUT2D eigenvalue weighted by Crippen LogP contribution is 2.47. The van der Waals surface area contributed by atoms with Crippen LogP contribution in [0.15, 0.2) is 53.7 Å². The van der Waals surface area contributed by atoms with Crippen LogP contribution in [0.2, 0.25) is 0 Å². The van der Waals surface area contributed by atoms with Crippen LogP contribution in [0.25, 0.3) is 22.3 Å². The molecule has 3 aliphatic rings. The van der Waals surface area contributed by atoms with Gasteiger partial charge in [-0.25, -0.2) is 31.1 Å². The highest BCUT2D eigenvalue weighted by atomic mass is 32.2. The van der Waals surface area contributed by atoms with Crippen molar-refractivity contribution in [3.8, 4) is 17.3 Å². The Labute approximate surface area is 241 Å². The van der Waals surface area contributed by atoms with E-state index in [1.54, 1.807) is 12.1 Å². The van der Waals surface area contributed by atoms with Gasteiger partial charge in [-0.1, -0.05) is 17.7 Å². The number of aromatic nitrogens is 3. The summed E-state index contributed by atoms with van der Waals surface area (Å²) in [6, 6.07) is 9.80. The zero-order valence-corrected chi connectivity index (χ0v) is 23.7. The molecule has 3 heterocycles. The van der Waals surface area contributed by atoms with Crippen molar-refractivity contribution in [2.24, 2.45) is 17.8 Å². The highest BCUT2D eigenvalue weighted by Gasteiger charge is 2.48. The van der Waals surface area contributed by atoms with Crippen LogP contribution in [0.5, 0.6) is 0 Å². The van der Waals surface area contributed by atoms with Crippen molar-refractivity contribution >= 4 is 32.8 Å². The second-order valence-electron chi connectivity index (χ2n) is 10.9. The third-order valence-corrected chi connectivity index (χ3v) is 10.2. The molecular formula is C30H27F2N5O4S. The summed E-state index contributed by atoms with van der Waals surface area (Å²) in [6.45, 7) is 1.82. The van der Waals surface area contributed by atoms with Gasteiger partial charge in [-0.15, -0.1) is 0 Å². The summed E-state index contributed by atoms with van der Waals surface area (Å²) < 4.78 is 63.1. The molecule has 0 aliphatic heterocycles. The summed E-state index contributed by atoms with van der Waals surface area (Å²) in [6.07, 6.45) is 5.62. The number of carbonyl (C=O) groups is 1. The van der Waals surface area contributed by atoms with Crippen LogP contribution in [-0.2, 0) is 19.6 Å². The summed E-state index contributed by atoms with van der Waals surface area (Å²) in [4.78, 5) is 21.2. The first kappa shape index (κ1) is 27.8. The van der Waals surface area contributed by atoms with Crippen LogP contribution in [0, 0.1) is 47.6 Å². The number of aryl methyl sites for hydroxylation is 1. The van der Waals surface area contributed by atoms with Crippen molar-refractivity contribution in [2.75, 3.05) is 12.4 Å². The Morgan fingerprint density at radius 2 is 1.81 bits per heavy atom. The standard InChI is InChI=1S/C30H27F2N5O4S/c1-16-3-9-21(10-4-16)42(39,40)37-15-23(22-12-20(31)14-34-29(22)37)26-19(13-33)11-24(32)28(35-26)36-27-18-7-5-17(6-8-18)25(27)30(38)41-2/h3-4,9-12,14-15,17-18,25,27H,5-8H2,1-2H3,(H,35,36)/t17?,18?,25-,27?/m1/s1. The van der Waals surface area contributed by atoms with Gasteiger partial charge in [0.15, 0.2) is 17.3 Å². The smallest absolute Gasteiger partial charge is 0.311 e. The minimum absolute atomic E-state index is 0.0150. The molecule has 3 aliphatic carbocycles. The molecule has 42 heavy (non-hydrogen) atoms. The molecule has 0 amide bonds. The number of nitriles is 1. The molecule has 12 heteroatoms. The van der Waals surface area contributed by atoms with E-state index in [2.05, 4.69) is 15.3 Å². The molecule has 4 aromatic rings. The third-order valence-electron chi connectivity index (χ3n) is 8.50. The predicted molar refractivity (Wildman–Crippen MR) is 150 cm³/mol. The maximum Gasteiger partial charge on any atom is 0.311 e. The molecule has 1 aromatic carbocycles. The van der Waals surface area contributed by atoms with Crippen LogP contribution in [-0.4, -0.2) is 41.5 Å². The van der Waals surface area contributed by atoms with Crippen LogP contribution >= 0.6 is 0 Å². The molecule has 9 nitrogen and oxygen atoms in total. The molecule has 0 spiro atoms. The van der Waals surface area contributed by atoms with E-state index >= 15 is 4.39 Å². The molecule has 0 saturated heterocycles. The number of halogens is 2. The lowest BCUT2D eigenvalue weighted by atomic mass is 9.61. The number of nitrogens with one attached hydrogen (secondary N) is 1. The van der Waals surface area contributed by atoms with Gasteiger partial charge in [0, 0.05) is 23.2 Å². The monoisotopic (exact) mass is 591 g/mol. The molecule has 0 radical (unpaired) electrons. The normalized spacial score (nSPS) is 21.7. The van der Waals surface area contributed by atoms with E-state index in [1.165, 1.54) is 25.4 Å². The topological polar surface area (TPSA) is 127 Å². The average molecular weight is 592 g/mol. The lowest BCUT2D eigenvalue weighted by Gasteiger charge is -2.47. The second kappa shape index (κ2) is 10.5. The Bertz CT molecular complexity index is 1860. The fourth-order valence-electron chi connectivity index (χ4n) is 6.42. The van der Waals surface area contributed by atoms with Gasteiger partial charge < -0.3 is 10.1 Å². The first-order chi connectivity index (χ1) is 20.1. The average Bonchev–Trinajstić information content (AvgIpc) is 3.37. The van der Waals surface area contributed by atoms with Gasteiger partial charge in [0.25, 0.3) is 10.0 Å². The summed E-state index contributed by atoms with van der Waals surface area (Å²) in [7, 11) is -2.86. The van der Waals surface area contributed by atoms with E-state index in [0.717, 1.165) is 53.5 Å². The van der Waals surface area contributed by atoms with Gasteiger partial charge in [0.05, 0.1) is 35.4 Å². The van der Waals surface area contributed by atoms with Crippen molar-refractivity contribution in [3.63, 3.8) is 0 Å². The Kier molecular flexibility index (Phi) is 6.93. The number of rotatable bonds is 6. The SMILES string of the molecule is COC(=O)[C@@H]1C2CCC(CC2)C1Nc1nc(-c2cn(S(=O)(=O)c3ccc(C)cc3)c3ncc(F)cc23)c(C#N)cc1F. The predicted octanol–water partition coefficient (Wildman–Crippen LogP) is 5.18. The third kappa shape index (κ3) is 4.58. The fourth-order valence-corrected chi connectivity index (χ4v) is 7.74. The molecule has 216 valence electrons. The van der Waals surface area contributed by atoms with Crippen molar-refractivity contribution in [3.05, 3.63) is 71.6 Å². The number of hydrogen-bond donors (Lipinski definition) is 1. The molecule has 3 saturated carbocycles. The van der Waals surface area contributed by atoms with Gasteiger partial charge in [-0.3, -0.25) is 4.79 Å². The molecule has 2 atom stereocenters. The summed E-state index contributed by atoms with van der Waals surface area (Å²) in [5, 5.41) is 13.1. The lowest BCUT2D eigenvalue weighted by Crippen LogP contribution is -2.52. The highest BCUT2D eigenvalue weighted by molar-refractivity contribution is 7.90. The van der Waals surface area contributed by atoms with E-state index in [4.69, 9.17) is 4.74 Å². The second-order valence-corrected chi connectivity index (χ2v) is 12.7. The van der Waals surface area contributed by atoms with Gasteiger partial charge in [0.1, 0.15) is 11.9 Å². The zero-order chi connectivity index (χ0) is 29.8. The van der Waals surface area contributed by atoms with Crippen LogP contribution < -0.4 is 5.32 Å². The first-order valence-corrected chi connectivity index (χ1v) is 15.0. The number of fused-ring (bicyclic) bond motifs is 4. The molecule has 1 N–H and O–H groups in total. The Morgan fingerprint density at radius 1 is 1.12 bits per heavy atom. The van der Waals surface area contributed by atoms with E-state index in [9.17, 15) is 22.9 Å². The van der Waals surface area contributed by atoms with Crippen molar-refractivity contribution in [1.82, 2.24) is 13.9 Å². The van der Waals surface area contributed by atoms with Gasteiger partial charge >= 0.3 is 5.97 Å². The number of hydrogen-bond acceptors (Lipinski definition) is 8. The van der Waals surface area contributed by atoms with E-state index < -0.39 is 33.6 Å². The number of carbonyl (C=O) groups excluding carboxylic acids is 1. The first-order valence-electron chi connectivity index (χ1n) is 13.6. The maximum absolute atomic E-state index is 15.4.